The molecule has 1 aromatic rings. The molecule has 13 heavy (non-hydrogen) atoms. The molecule has 0 aliphatic heterocycles. The summed E-state index contributed by atoms with van der Waals surface area (Å²) in [6, 6.07) is 5.45. The van der Waals surface area contributed by atoms with Gasteiger partial charge in [-0.1, -0.05) is 0 Å². The molecule has 0 saturated carbocycles. The second-order valence-corrected chi connectivity index (χ2v) is 3.95. The number of benzene rings is 1. The van der Waals surface area contributed by atoms with Crippen LogP contribution in [-0.2, 0) is 10.1 Å². The second-order valence-electron chi connectivity index (χ2n) is 2.37. The topological polar surface area (TPSA) is 72.8 Å². The molecule has 0 fully saturated rings. The molecule has 0 aliphatic rings. The van der Waals surface area contributed by atoms with E-state index in [0.29, 0.717) is 0 Å². The Balaban J connectivity index is 2.87. The third-order valence-corrected chi connectivity index (χ3v) is 1.68. The number of nitrogens with zero attached hydrogens (tertiary/aromatic N) is 1. The van der Waals surface area contributed by atoms with Gasteiger partial charge in [-0.3, -0.25) is 0 Å². The van der Waals surface area contributed by atoms with Gasteiger partial charge in [-0.05, 0) is 29.4 Å². The van der Waals surface area contributed by atoms with Crippen molar-refractivity contribution in [3.63, 3.8) is 0 Å². The maximum absolute atomic E-state index is 10.6. The number of rotatable bonds is 3. The van der Waals surface area contributed by atoms with Crippen molar-refractivity contribution in [2.75, 3.05) is 6.26 Å². The summed E-state index contributed by atoms with van der Waals surface area (Å²) in [4.78, 5) is 9.99. The van der Waals surface area contributed by atoms with Gasteiger partial charge >= 0.3 is 10.1 Å². The third-order valence-electron chi connectivity index (χ3n) is 1.19. The van der Waals surface area contributed by atoms with E-state index >= 15 is 0 Å². The van der Waals surface area contributed by atoms with E-state index < -0.39 is 10.1 Å². The molecule has 0 aromatic heterocycles. The zero-order valence-corrected chi connectivity index (χ0v) is 7.61. The lowest BCUT2D eigenvalue weighted by atomic mass is 10.3. The minimum atomic E-state index is -3.51. The van der Waals surface area contributed by atoms with Gasteiger partial charge in [-0.2, -0.15) is 8.42 Å². The van der Waals surface area contributed by atoms with Gasteiger partial charge < -0.3 is 4.18 Å². The number of nitroso groups, excluding NO2 is 1. The molecule has 70 valence electrons. The summed E-state index contributed by atoms with van der Waals surface area (Å²) in [5, 5.41) is 2.65. The SMILES string of the molecule is CS(=O)(=O)Oc1ccc(N=O)cc1. The highest BCUT2D eigenvalue weighted by Crippen LogP contribution is 2.18. The Hall–Kier alpha value is -1.43. The molecule has 0 radical (unpaired) electrons. The van der Waals surface area contributed by atoms with Crippen molar-refractivity contribution < 1.29 is 12.6 Å². The fourth-order valence-electron chi connectivity index (χ4n) is 0.737. The first kappa shape index (κ1) is 9.66. The van der Waals surface area contributed by atoms with Gasteiger partial charge in [0.2, 0.25) is 0 Å². The fourth-order valence-corrected chi connectivity index (χ4v) is 1.20. The predicted molar refractivity (Wildman–Crippen MR) is 47.4 cm³/mol. The van der Waals surface area contributed by atoms with Crippen LogP contribution in [0.2, 0.25) is 0 Å². The molecular weight excluding hydrogens is 194 g/mol. The first-order valence-electron chi connectivity index (χ1n) is 3.34. The molecule has 0 unspecified atom stereocenters. The van der Waals surface area contributed by atoms with Crippen LogP contribution < -0.4 is 4.18 Å². The average molecular weight is 201 g/mol. The van der Waals surface area contributed by atoms with Crippen LogP contribution in [0.25, 0.3) is 0 Å². The Morgan fingerprint density at radius 2 is 1.77 bits per heavy atom. The Kier molecular flexibility index (Phi) is 2.62. The van der Waals surface area contributed by atoms with E-state index in [4.69, 9.17) is 0 Å². The van der Waals surface area contributed by atoms with E-state index in [1.54, 1.807) is 0 Å². The molecule has 0 N–H and O–H groups in total. The largest absolute Gasteiger partial charge is 0.383 e. The molecule has 0 amide bonds. The van der Waals surface area contributed by atoms with Crippen molar-refractivity contribution in [2.45, 2.75) is 0 Å². The summed E-state index contributed by atoms with van der Waals surface area (Å²) >= 11 is 0. The Bertz CT molecular complexity index is 395. The Morgan fingerprint density at radius 1 is 1.23 bits per heavy atom. The first-order chi connectivity index (χ1) is 6.01. The lowest BCUT2D eigenvalue weighted by molar-refractivity contribution is 0.493. The monoisotopic (exact) mass is 201 g/mol. The Morgan fingerprint density at radius 3 is 2.15 bits per heavy atom. The van der Waals surface area contributed by atoms with Gasteiger partial charge in [0.25, 0.3) is 0 Å². The normalized spacial score (nSPS) is 10.8. The van der Waals surface area contributed by atoms with Gasteiger partial charge in [0, 0.05) is 0 Å². The fraction of sp³-hybridized carbons (Fsp3) is 0.143. The van der Waals surface area contributed by atoms with E-state index in [1.807, 2.05) is 0 Å². The summed E-state index contributed by atoms with van der Waals surface area (Å²) in [7, 11) is -3.51. The van der Waals surface area contributed by atoms with E-state index in [0.717, 1.165) is 6.26 Å². The lowest BCUT2D eigenvalue weighted by Gasteiger charge is -2.00. The molecule has 1 aromatic carbocycles. The molecule has 0 bridgehead atoms. The molecule has 0 atom stereocenters. The Labute approximate surface area is 75.4 Å². The smallest absolute Gasteiger partial charge is 0.306 e. The minimum Gasteiger partial charge on any atom is -0.383 e. The minimum absolute atomic E-state index is 0.162. The number of hydrogen-bond donors (Lipinski definition) is 0. The van der Waals surface area contributed by atoms with Crippen molar-refractivity contribution >= 4 is 15.8 Å². The van der Waals surface area contributed by atoms with Crippen LogP contribution in [0.4, 0.5) is 5.69 Å². The van der Waals surface area contributed by atoms with E-state index in [-0.39, 0.29) is 11.4 Å². The van der Waals surface area contributed by atoms with Crippen molar-refractivity contribution in [1.29, 1.82) is 0 Å². The van der Waals surface area contributed by atoms with Gasteiger partial charge in [0.05, 0.1) is 6.26 Å². The van der Waals surface area contributed by atoms with Crippen LogP contribution in [0.3, 0.4) is 0 Å². The predicted octanol–water partition coefficient (Wildman–Crippen LogP) is 1.42. The summed E-state index contributed by atoms with van der Waals surface area (Å²) in [5.41, 5.74) is 0.223. The zero-order chi connectivity index (χ0) is 9.90. The summed E-state index contributed by atoms with van der Waals surface area (Å²) in [5.74, 6) is 0.162. The molecule has 6 heteroatoms. The lowest BCUT2D eigenvalue weighted by Crippen LogP contribution is -2.05. The third kappa shape index (κ3) is 3.20. The molecule has 1 rings (SSSR count). The van der Waals surface area contributed by atoms with E-state index in [2.05, 4.69) is 9.36 Å². The quantitative estimate of drug-likeness (QED) is 0.547. The van der Waals surface area contributed by atoms with Crippen LogP contribution in [0.15, 0.2) is 29.4 Å². The maximum Gasteiger partial charge on any atom is 0.306 e. The van der Waals surface area contributed by atoms with E-state index in [9.17, 15) is 13.3 Å². The summed E-state index contributed by atoms with van der Waals surface area (Å²) < 4.78 is 25.8. The molecule has 0 aliphatic carbocycles. The highest BCUT2D eigenvalue weighted by Gasteiger charge is 2.03. The van der Waals surface area contributed by atoms with Crippen molar-refractivity contribution in [2.24, 2.45) is 5.18 Å². The summed E-state index contributed by atoms with van der Waals surface area (Å²) in [6.45, 7) is 0. The van der Waals surface area contributed by atoms with Crippen LogP contribution in [-0.4, -0.2) is 14.7 Å². The molecule has 5 nitrogen and oxygen atoms in total. The number of hydrogen-bond acceptors (Lipinski definition) is 5. The van der Waals surface area contributed by atoms with Crippen LogP contribution in [0.5, 0.6) is 5.75 Å². The average Bonchev–Trinajstić information content (AvgIpc) is 2.03. The second kappa shape index (κ2) is 3.53. The highest BCUT2D eigenvalue weighted by atomic mass is 32.2. The van der Waals surface area contributed by atoms with Crippen molar-refractivity contribution in [3.05, 3.63) is 29.2 Å². The van der Waals surface area contributed by atoms with Gasteiger partial charge in [-0.15, -0.1) is 4.91 Å². The maximum atomic E-state index is 10.6. The highest BCUT2D eigenvalue weighted by molar-refractivity contribution is 7.86. The van der Waals surface area contributed by atoms with Crippen LogP contribution in [0, 0.1) is 4.91 Å². The zero-order valence-electron chi connectivity index (χ0n) is 6.80. The van der Waals surface area contributed by atoms with Gasteiger partial charge in [0.1, 0.15) is 11.4 Å². The van der Waals surface area contributed by atoms with Gasteiger partial charge in [-0.25, -0.2) is 0 Å². The molecule has 0 heterocycles. The first-order valence-corrected chi connectivity index (χ1v) is 5.16. The molecule has 0 saturated heterocycles. The van der Waals surface area contributed by atoms with Crippen LogP contribution >= 0.6 is 0 Å². The van der Waals surface area contributed by atoms with E-state index in [1.165, 1.54) is 24.3 Å². The molecule has 0 spiro atoms. The van der Waals surface area contributed by atoms with Crippen molar-refractivity contribution in [3.8, 4) is 5.75 Å². The summed E-state index contributed by atoms with van der Waals surface area (Å²) in [6.07, 6.45) is 0.943. The van der Waals surface area contributed by atoms with Crippen LogP contribution in [0.1, 0.15) is 0 Å². The van der Waals surface area contributed by atoms with Gasteiger partial charge in [0.15, 0.2) is 0 Å². The van der Waals surface area contributed by atoms with Crippen molar-refractivity contribution in [1.82, 2.24) is 0 Å². The standard InChI is InChI=1S/C7H7NO4S/c1-13(10,11)12-7-4-2-6(8-9)3-5-7/h2-5H,1H3. The molecular formula is C7H7NO4S.